The predicted molar refractivity (Wildman–Crippen MR) is 48.5 cm³/mol. The fourth-order valence-electron chi connectivity index (χ4n) is 0.609. The molecule has 0 aliphatic heterocycles. The maximum atomic E-state index is 10.8. The third kappa shape index (κ3) is 2.31. The number of thioether (sulfide) groups is 1. The molecule has 1 aromatic heterocycles. The molecule has 0 saturated heterocycles. The lowest BCUT2D eigenvalue weighted by Gasteiger charge is -1.86. The van der Waals surface area contributed by atoms with E-state index in [0.29, 0.717) is 5.69 Å². The SMILES string of the molecule is CCSc1nc(C(C)=O)cs1. The maximum absolute atomic E-state index is 10.8. The normalized spacial score (nSPS) is 10.0. The summed E-state index contributed by atoms with van der Waals surface area (Å²) in [4.78, 5) is 14.9. The number of Topliss-reactive ketones (excluding diaryl/α,β-unsaturated/α-hetero) is 1. The van der Waals surface area contributed by atoms with Crippen molar-refractivity contribution in [3.63, 3.8) is 0 Å². The lowest BCUT2D eigenvalue weighted by Crippen LogP contribution is -1.90. The first-order valence-electron chi connectivity index (χ1n) is 3.33. The van der Waals surface area contributed by atoms with Gasteiger partial charge in [0.2, 0.25) is 0 Å². The molecule has 0 N–H and O–H groups in total. The number of carbonyl (C=O) groups is 1. The molecule has 0 unspecified atom stereocenters. The van der Waals surface area contributed by atoms with Crippen LogP contribution in [0.15, 0.2) is 9.72 Å². The molecule has 0 atom stereocenters. The van der Waals surface area contributed by atoms with Crippen molar-refractivity contribution in [2.24, 2.45) is 0 Å². The summed E-state index contributed by atoms with van der Waals surface area (Å²) in [7, 11) is 0. The highest BCUT2D eigenvalue weighted by Crippen LogP contribution is 2.21. The van der Waals surface area contributed by atoms with Crippen molar-refractivity contribution in [2.45, 2.75) is 18.2 Å². The fourth-order valence-corrected chi connectivity index (χ4v) is 2.37. The molecule has 2 nitrogen and oxygen atoms in total. The van der Waals surface area contributed by atoms with Crippen molar-refractivity contribution in [1.29, 1.82) is 0 Å². The molecule has 0 aromatic carbocycles. The van der Waals surface area contributed by atoms with E-state index in [1.165, 1.54) is 18.3 Å². The van der Waals surface area contributed by atoms with Crippen LogP contribution in [0.25, 0.3) is 0 Å². The number of thiazole rings is 1. The Bertz CT molecular complexity index is 257. The van der Waals surface area contributed by atoms with Crippen molar-refractivity contribution < 1.29 is 4.79 Å². The Hall–Kier alpha value is -0.350. The van der Waals surface area contributed by atoms with Gasteiger partial charge in [0.15, 0.2) is 10.1 Å². The van der Waals surface area contributed by atoms with E-state index in [1.807, 2.05) is 0 Å². The van der Waals surface area contributed by atoms with Gasteiger partial charge in [-0.15, -0.1) is 11.3 Å². The summed E-state index contributed by atoms with van der Waals surface area (Å²) in [6, 6.07) is 0. The molecule has 60 valence electrons. The molecular formula is C7H9NOS2. The number of hydrogen-bond acceptors (Lipinski definition) is 4. The van der Waals surface area contributed by atoms with E-state index in [1.54, 1.807) is 17.1 Å². The van der Waals surface area contributed by atoms with E-state index in [9.17, 15) is 4.79 Å². The van der Waals surface area contributed by atoms with Crippen molar-refractivity contribution in [2.75, 3.05) is 5.75 Å². The maximum Gasteiger partial charge on any atom is 0.179 e. The molecule has 1 heterocycles. The first-order chi connectivity index (χ1) is 5.24. The first-order valence-corrected chi connectivity index (χ1v) is 5.19. The van der Waals surface area contributed by atoms with Crippen LogP contribution in [-0.4, -0.2) is 16.5 Å². The number of carbonyl (C=O) groups excluding carboxylic acids is 1. The summed E-state index contributed by atoms with van der Waals surface area (Å²) in [5.74, 6) is 1.05. The highest BCUT2D eigenvalue weighted by Gasteiger charge is 2.04. The molecule has 4 heteroatoms. The smallest absolute Gasteiger partial charge is 0.179 e. The Balaban J connectivity index is 2.73. The van der Waals surface area contributed by atoms with Crippen LogP contribution in [0, 0.1) is 0 Å². The third-order valence-electron chi connectivity index (χ3n) is 1.11. The van der Waals surface area contributed by atoms with Gasteiger partial charge in [0.1, 0.15) is 5.69 Å². The van der Waals surface area contributed by atoms with Gasteiger partial charge in [-0.3, -0.25) is 4.79 Å². The zero-order valence-corrected chi connectivity index (χ0v) is 8.09. The molecule has 0 amide bonds. The monoisotopic (exact) mass is 187 g/mol. The standard InChI is InChI=1S/C7H9NOS2/c1-3-10-7-8-6(4-11-7)5(2)9/h4H,3H2,1-2H3. The number of ketones is 1. The Morgan fingerprint density at radius 2 is 2.55 bits per heavy atom. The molecule has 0 aliphatic carbocycles. The lowest BCUT2D eigenvalue weighted by atomic mass is 10.4. The second-order valence-electron chi connectivity index (χ2n) is 1.99. The van der Waals surface area contributed by atoms with Gasteiger partial charge in [-0.05, 0) is 5.75 Å². The Labute approximate surface area is 74.0 Å². The van der Waals surface area contributed by atoms with Gasteiger partial charge in [-0.2, -0.15) is 0 Å². The molecule has 0 aliphatic rings. The molecule has 0 saturated carbocycles. The van der Waals surface area contributed by atoms with Crippen LogP contribution in [-0.2, 0) is 0 Å². The third-order valence-corrected chi connectivity index (χ3v) is 3.01. The van der Waals surface area contributed by atoms with E-state index >= 15 is 0 Å². The minimum Gasteiger partial charge on any atom is -0.293 e. The molecular weight excluding hydrogens is 178 g/mol. The average molecular weight is 187 g/mol. The van der Waals surface area contributed by atoms with Crippen molar-refractivity contribution in [1.82, 2.24) is 4.98 Å². The van der Waals surface area contributed by atoms with E-state index < -0.39 is 0 Å². The summed E-state index contributed by atoms with van der Waals surface area (Å²) in [5.41, 5.74) is 0.589. The number of rotatable bonds is 3. The summed E-state index contributed by atoms with van der Waals surface area (Å²) < 4.78 is 0.984. The Morgan fingerprint density at radius 1 is 1.82 bits per heavy atom. The predicted octanol–water partition coefficient (Wildman–Crippen LogP) is 2.46. The lowest BCUT2D eigenvalue weighted by molar-refractivity contribution is 0.101. The van der Waals surface area contributed by atoms with Crippen LogP contribution >= 0.6 is 23.1 Å². The van der Waals surface area contributed by atoms with Crippen LogP contribution in [0.5, 0.6) is 0 Å². The van der Waals surface area contributed by atoms with E-state index in [4.69, 9.17) is 0 Å². The van der Waals surface area contributed by atoms with Gasteiger partial charge in [0, 0.05) is 12.3 Å². The molecule has 1 rings (SSSR count). The van der Waals surface area contributed by atoms with Gasteiger partial charge in [0.25, 0.3) is 0 Å². The Kier molecular flexibility index (Phi) is 3.08. The van der Waals surface area contributed by atoms with Gasteiger partial charge in [-0.25, -0.2) is 4.98 Å². The highest BCUT2D eigenvalue weighted by atomic mass is 32.2. The zero-order valence-electron chi connectivity index (χ0n) is 6.46. The molecule has 11 heavy (non-hydrogen) atoms. The molecule has 0 radical (unpaired) electrons. The summed E-state index contributed by atoms with van der Waals surface area (Å²) >= 11 is 3.20. The largest absolute Gasteiger partial charge is 0.293 e. The zero-order chi connectivity index (χ0) is 8.27. The molecule has 0 fully saturated rings. The van der Waals surface area contributed by atoms with Crippen LogP contribution in [0.2, 0.25) is 0 Å². The van der Waals surface area contributed by atoms with Gasteiger partial charge in [-0.1, -0.05) is 18.7 Å². The number of nitrogens with zero attached hydrogens (tertiary/aromatic N) is 1. The topological polar surface area (TPSA) is 30.0 Å². The van der Waals surface area contributed by atoms with Gasteiger partial charge >= 0.3 is 0 Å². The van der Waals surface area contributed by atoms with Crippen LogP contribution in [0.1, 0.15) is 24.3 Å². The molecule has 0 spiro atoms. The van der Waals surface area contributed by atoms with Crippen molar-refractivity contribution >= 4 is 28.9 Å². The average Bonchev–Trinajstić information content (AvgIpc) is 2.37. The fraction of sp³-hybridized carbons (Fsp3) is 0.429. The van der Waals surface area contributed by atoms with Crippen molar-refractivity contribution in [3.05, 3.63) is 11.1 Å². The van der Waals surface area contributed by atoms with Crippen molar-refractivity contribution in [3.8, 4) is 0 Å². The van der Waals surface area contributed by atoms with Crippen LogP contribution in [0.4, 0.5) is 0 Å². The molecule has 1 aromatic rings. The quantitative estimate of drug-likeness (QED) is 0.538. The number of aromatic nitrogens is 1. The van der Waals surface area contributed by atoms with Crippen LogP contribution in [0.3, 0.4) is 0 Å². The summed E-state index contributed by atoms with van der Waals surface area (Å²) in [5, 5.41) is 1.81. The highest BCUT2D eigenvalue weighted by molar-refractivity contribution is 8.00. The van der Waals surface area contributed by atoms with E-state index in [2.05, 4.69) is 11.9 Å². The molecule has 0 bridgehead atoms. The second-order valence-corrected chi connectivity index (χ2v) is 4.36. The van der Waals surface area contributed by atoms with Gasteiger partial charge in [0.05, 0.1) is 0 Å². The summed E-state index contributed by atoms with van der Waals surface area (Å²) in [6.07, 6.45) is 0. The minimum atomic E-state index is 0.0456. The van der Waals surface area contributed by atoms with E-state index in [-0.39, 0.29) is 5.78 Å². The van der Waals surface area contributed by atoms with Gasteiger partial charge < -0.3 is 0 Å². The van der Waals surface area contributed by atoms with Crippen LogP contribution < -0.4 is 0 Å². The van der Waals surface area contributed by atoms with E-state index in [0.717, 1.165) is 10.1 Å². The Morgan fingerprint density at radius 3 is 3.00 bits per heavy atom. The first kappa shape index (κ1) is 8.74. The second kappa shape index (κ2) is 3.88. The minimum absolute atomic E-state index is 0.0456. The summed E-state index contributed by atoms with van der Waals surface area (Å²) in [6.45, 7) is 3.61. The number of hydrogen-bond donors (Lipinski definition) is 0.